The third-order valence-electron chi connectivity index (χ3n) is 3.06. The number of hydrogen-bond donors (Lipinski definition) is 0. The van der Waals surface area contributed by atoms with Gasteiger partial charge in [-0.25, -0.2) is 4.39 Å². The van der Waals surface area contributed by atoms with Crippen LogP contribution in [0, 0.1) is 0 Å². The van der Waals surface area contributed by atoms with Crippen LogP contribution in [0.25, 0.3) is 0 Å². The average molecular weight is 262 g/mol. The molecule has 1 rings (SSSR count). The van der Waals surface area contributed by atoms with E-state index in [0.29, 0.717) is 12.4 Å². The Balaban J connectivity index is 2.96. The fourth-order valence-corrected chi connectivity index (χ4v) is 3.00. The number of likely N-dealkylation sites (N-methyl/N-ethyl adjacent to an activating group) is 1. The Labute approximate surface area is 106 Å². The first-order valence-corrected chi connectivity index (χ1v) is 6.58. The summed E-state index contributed by atoms with van der Waals surface area (Å²) < 4.78 is 12.1. The SMILES string of the molecule is CCN(C)C(=O)C1N(C(=O)CF)CSC1(C)C. The number of carbonyl (C=O) groups is 2. The summed E-state index contributed by atoms with van der Waals surface area (Å²) in [6.45, 7) is 5.22. The molecule has 1 aliphatic heterocycles. The van der Waals surface area contributed by atoms with Gasteiger partial charge in [-0.05, 0) is 20.8 Å². The summed E-state index contributed by atoms with van der Waals surface area (Å²) in [4.78, 5) is 26.6. The minimum atomic E-state index is -1.05. The fourth-order valence-electron chi connectivity index (χ4n) is 1.85. The Kier molecular flexibility index (Phi) is 4.41. The van der Waals surface area contributed by atoms with E-state index in [1.165, 1.54) is 16.7 Å². The highest BCUT2D eigenvalue weighted by Crippen LogP contribution is 2.39. The zero-order valence-corrected chi connectivity index (χ0v) is 11.5. The summed E-state index contributed by atoms with van der Waals surface area (Å²) in [6, 6.07) is -0.569. The van der Waals surface area contributed by atoms with Gasteiger partial charge in [0.25, 0.3) is 5.91 Å². The maximum Gasteiger partial charge on any atom is 0.255 e. The molecule has 1 aliphatic rings. The van der Waals surface area contributed by atoms with Crippen molar-refractivity contribution in [3.05, 3.63) is 0 Å². The van der Waals surface area contributed by atoms with E-state index in [9.17, 15) is 14.0 Å². The maximum absolute atomic E-state index is 12.5. The van der Waals surface area contributed by atoms with E-state index in [1.807, 2.05) is 20.8 Å². The van der Waals surface area contributed by atoms with E-state index < -0.39 is 18.6 Å². The highest BCUT2D eigenvalue weighted by atomic mass is 32.2. The van der Waals surface area contributed by atoms with E-state index in [1.54, 1.807) is 11.9 Å². The van der Waals surface area contributed by atoms with Gasteiger partial charge in [-0.2, -0.15) is 0 Å². The van der Waals surface area contributed by atoms with E-state index >= 15 is 0 Å². The first-order valence-electron chi connectivity index (χ1n) is 5.59. The normalized spacial score (nSPS) is 22.6. The van der Waals surface area contributed by atoms with Crippen molar-refractivity contribution in [3.8, 4) is 0 Å². The lowest BCUT2D eigenvalue weighted by atomic mass is 10.0. The summed E-state index contributed by atoms with van der Waals surface area (Å²) >= 11 is 1.51. The molecule has 6 heteroatoms. The Morgan fingerprint density at radius 3 is 2.59 bits per heavy atom. The monoisotopic (exact) mass is 262 g/mol. The van der Waals surface area contributed by atoms with Crippen LogP contribution in [0.2, 0.25) is 0 Å². The second kappa shape index (κ2) is 5.25. The minimum absolute atomic E-state index is 0.121. The van der Waals surface area contributed by atoms with Gasteiger partial charge in [0.1, 0.15) is 6.04 Å². The Morgan fingerprint density at radius 1 is 1.53 bits per heavy atom. The zero-order chi connectivity index (χ0) is 13.2. The van der Waals surface area contributed by atoms with Crippen LogP contribution in [0.3, 0.4) is 0 Å². The largest absolute Gasteiger partial charge is 0.344 e. The summed E-state index contributed by atoms with van der Waals surface area (Å²) in [7, 11) is 1.69. The van der Waals surface area contributed by atoms with Crippen molar-refractivity contribution in [2.75, 3.05) is 26.1 Å². The van der Waals surface area contributed by atoms with Crippen molar-refractivity contribution in [2.45, 2.75) is 31.6 Å². The van der Waals surface area contributed by atoms with Crippen LogP contribution in [0.4, 0.5) is 4.39 Å². The number of carbonyl (C=O) groups excluding carboxylic acids is 2. The lowest BCUT2D eigenvalue weighted by Crippen LogP contribution is -2.53. The van der Waals surface area contributed by atoms with Crippen LogP contribution < -0.4 is 0 Å². The molecular weight excluding hydrogens is 243 g/mol. The van der Waals surface area contributed by atoms with Gasteiger partial charge in [0.15, 0.2) is 6.67 Å². The third kappa shape index (κ3) is 2.73. The van der Waals surface area contributed by atoms with Crippen LogP contribution in [0.5, 0.6) is 0 Å². The summed E-state index contributed by atoms with van der Waals surface area (Å²) in [5.41, 5.74) is 0. The van der Waals surface area contributed by atoms with E-state index in [-0.39, 0.29) is 10.7 Å². The quantitative estimate of drug-likeness (QED) is 0.765. The van der Waals surface area contributed by atoms with Crippen LogP contribution in [-0.4, -0.2) is 58.5 Å². The number of hydrogen-bond acceptors (Lipinski definition) is 3. The topological polar surface area (TPSA) is 40.6 Å². The van der Waals surface area contributed by atoms with Gasteiger partial charge in [-0.3, -0.25) is 9.59 Å². The molecule has 17 heavy (non-hydrogen) atoms. The van der Waals surface area contributed by atoms with E-state index in [2.05, 4.69) is 0 Å². The second-order valence-corrected chi connectivity index (χ2v) is 6.23. The molecule has 0 bridgehead atoms. The number of rotatable bonds is 3. The smallest absolute Gasteiger partial charge is 0.255 e. The van der Waals surface area contributed by atoms with Crippen molar-refractivity contribution < 1.29 is 14.0 Å². The Bertz CT molecular complexity index is 323. The lowest BCUT2D eigenvalue weighted by molar-refractivity contribution is -0.144. The van der Waals surface area contributed by atoms with E-state index in [4.69, 9.17) is 0 Å². The van der Waals surface area contributed by atoms with Gasteiger partial charge >= 0.3 is 0 Å². The van der Waals surface area contributed by atoms with Gasteiger partial charge in [0.2, 0.25) is 5.91 Å². The summed E-state index contributed by atoms with van der Waals surface area (Å²) in [5.74, 6) is -0.348. The maximum atomic E-state index is 12.5. The molecule has 0 aromatic heterocycles. The van der Waals surface area contributed by atoms with Crippen LogP contribution in [-0.2, 0) is 9.59 Å². The number of thioether (sulfide) groups is 1. The molecule has 0 N–H and O–H groups in total. The van der Waals surface area contributed by atoms with E-state index in [0.717, 1.165) is 0 Å². The first kappa shape index (κ1) is 14.3. The molecule has 0 aromatic rings. The fraction of sp³-hybridized carbons (Fsp3) is 0.818. The van der Waals surface area contributed by atoms with Crippen molar-refractivity contribution >= 4 is 23.6 Å². The van der Waals surface area contributed by atoms with Crippen LogP contribution in [0.15, 0.2) is 0 Å². The van der Waals surface area contributed by atoms with Crippen LogP contribution >= 0.6 is 11.8 Å². The highest BCUT2D eigenvalue weighted by molar-refractivity contribution is 8.00. The molecule has 0 aromatic carbocycles. The summed E-state index contributed by atoms with van der Waals surface area (Å²) in [5, 5.41) is 0. The van der Waals surface area contributed by atoms with Gasteiger partial charge < -0.3 is 9.80 Å². The van der Waals surface area contributed by atoms with Gasteiger partial charge in [-0.1, -0.05) is 0 Å². The molecule has 0 saturated carbocycles. The van der Waals surface area contributed by atoms with Gasteiger partial charge in [-0.15, -0.1) is 11.8 Å². The number of amides is 2. The molecule has 1 heterocycles. The van der Waals surface area contributed by atoms with Crippen molar-refractivity contribution in [3.63, 3.8) is 0 Å². The standard InChI is InChI=1S/C11H19FN2O2S/c1-5-13(4)10(16)9-11(2,3)17-7-14(9)8(15)6-12/h9H,5-7H2,1-4H3. The molecule has 0 spiro atoms. The third-order valence-corrected chi connectivity index (χ3v) is 4.44. The lowest BCUT2D eigenvalue weighted by Gasteiger charge is -2.32. The molecule has 4 nitrogen and oxygen atoms in total. The predicted molar refractivity (Wildman–Crippen MR) is 66.5 cm³/mol. The predicted octanol–water partition coefficient (Wildman–Crippen LogP) is 1.11. The number of nitrogens with zero attached hydrogens (tertiary/aromatic N) is 2. The second-order valence-electron chi connectivity index (χ2n) is 4.63. The first-order chi connectivity index (χ1) is 7.85. The van der Waals surface area contributed by atoms with Crippen LogP contribution in [0.1, 0.15) is 20.8 Å². The Hall–Kier alpha value is -0.780. The zero-order valence-electron chi connectivity index (χ0n) is 10.7. The molecule has 98 valence electrons. The molecule has 0 aliphatic carbocycles. The molecule has 1 unspecified atom stereocenters. The molecule has 1 saturated heterocycles. The highest BCUT2D eigenvalue weighted by Gasteiger charge is 2.48. The van der Waals surface area contributed by atoms with Crippen molar-refractivity contribution in [2.24, 2.45) is 0 Å². The molecule has 2 amide bonds. The van der Waals surface area contributed by atoms with Gasteiger partial charge in [0.05, 0.1) is 5.88 Å². The summed E-state index contributed by atoms with van der Waals surface area (Å²) in [6.07, 6.45) is 0. The molecular formula is C11H19FN2O2S. The van der Waals surface area contributed by atoms with Crippen molar-refractivity contribution in [1.29, 1.82) is 0 Å². The van der Waals surface area contributed by atoms with Gasteiger partial charge in [0, 0.05) is 18.3 Å². The molecule has 1 fully saturated rings. The number of alkyl halides is 1. The average Bonchev–Trinajstić information content (AvgIpc) is 2.61. The number of halogens is 1. The Morgan fingerprint density at radius 2 is 2.12 bits per heavy atom. The molecule has 1 atom stereocenters. The molecule has 0 radical (unpaired) electrons. The van der Waals surface area contributed by atoms with Crippen molar-refractivity contribution in [1.82, 2.24) is 9.80 Å². The minimum Gasteiger partial charge on any atom is -0.344 e.